The quantitative estimate of drug-likeness (QED) is 0.269. The Kier molecular flexibility index (Phi) is 9.64. The second-order valence-electron chi connectivity index (χ2n) is 16.0. The largest absolute Gasteiger partial charge is 0.461 e. The first-order chi connectivity index (χ1) is 22.4. The number of benzene rings is 2. The molecule has 4 aliphatic carbocycles. The Bertz CT molecular complexity index is 1510. The first kappa shape index (κ1) is 33.8. The molecule has 1 unspecified atom stereocenters. The Morgan fingerprint density at radius 1 is 0.894 bits per heavy atom. The molecule has 0 amide bonds. The number of ether oxygens (including phenoxy) is 1. The molecule has 6 rings (SSSR count). The highest BCUT2D eigenvalue weighted by atomic mass is 16.5. The number of ketones is 3. The molecular formula is C41H53NO5. The van der Waals surface area contributed by atoms with Crippen LogP contribution in [-0.2, 0) is 43.6 Å². The van der Waals surface area contributed by atoms with Gasteiger partial charge in [-0.1, -0.05) is 74.4 Å². The van der Waals surface area contributed by atoms with Crippen LogP contribution in [0.4, 0.5) is 0 Å². The van der Waals surface area contributed by atoms with Crippen LogP contribution in [-0.4, -0.2) is 23.3 Å². The fourth-order valence-electron chi connectivity index (χ4n) is 10.4. The van der Waals surface area contributed by atoms with E-state index in [-0.39, 0.29) is 65.1 Å². The van der Waals surface area contributed by atoms with Crippen LogP contribution in [0.15, 0.2) is 42.5 Å². The number of hydrogen-bond donors (Lipinski definition) is 1. The Hall–Kier alpha value is -3.12. The normalized spacial score (nSPS) is 32.4. The molecule has 0 bridgehead atoms. The predicted molar refractivity (Wildman–Crippen MR) is 182 cm³/mol. The number of Topliss-reactive ketones (excluding diaryl/α,β-unsaturated/α-hetero) is 3. The van der Waals surface area contributed by atoms with Gasteiger partial charge in [0.05, 0.1) is 0 Å². The number of nitrogens with one attached hydrogen (secondary N) is 1. The summed E-state index contributed by atoms with van der Waals surface area (Å²) in [5, 5.41) is 3.51. The van der Waals surface area contributed by atoms with Gasteiger partial charge in [-0.2, -0.15) is 0 Å². The van der Waals surface area contributed by atoms with E-state index in [0.29, 0.717) is 44.3 Å². The third-order valence-corrected chi connectivity index (χ3v) is 13.1. The van der Waals surface area contributed by atoms with Crippen LogP contribution in [0.2, 0.25) is 0 Å². The fraction of sp³-hybridized carbons (Fsp3) is 0.610. The van der Waals surface area contributed by atoms with Gasteiger partial charge in [0.15, 0.2) is 0 Å². The molecule has 6 nitrogen and oxygen atoms in total. The molecule has 2 aromatic carbocycles. The van der Waals surface area contributed by atoms with Gasteiger partial charge in [0.25, 0.3) is 0 Å². The summed E-state index contributed by atoms with van der Waals surface area (Å²) in [5.41, 5.74) is 5.36. The molecule has 4 aliphatic rings. The summed E-state index contributed by atoms with van der Waals surface area (Å²) in [4.78, 5) is 52.8. The van der Waals surface area contributed by atoms with Crippen molar-refractivity contribution in [1.29, 1.82) is 0 Å². The average Bonchev–Trinajstić information content (AvgIpc) is 3.39. The van der Waals surface area contributed by atoms with Crippen molar-refractivity contribution in [2.75, 3.05) is 0 Å². The Morgan fingerprint density at radius 3 is 2.30 bits per heavy atom. The Balaban J connectivity index is 0.984. The van der Waals surface area contributed by atoms with Crippen molar-refractivity contribution in [1.82, 2.24) is 5.32 Å². The SMILES string of the molecule is Cc1cc(C)cc(CNCc2ccc(COC(=O)CC[C@@H](C)[C@H]3CC[C@H]4[C@@H]5C(=O)CC6CC(=O)CC[C@]6(C)[C@H]5CC(=O)[C@]34C)cc2)c1. The first-order valence-electron chi connectivity index (χ1n) is 18.0. The highest BCUT2D eigenvalue weighted by Crippen LogP contribution is 2.66. The molecule has 0 aliphatic heterocycles. The van der Waals surface area contributed by atoms with E-state index in [1.54, 1.807) is 0 Å². The second-order valence-corrected chi connectivity index (χ2v) is 16.0. The van der Waals surface area contributed by atoms with Crippen molar-refractivity contribution in [2.24, 2.45) is 46.3 Å². The predicted octanol–water partition coefficient (Wildman–Crippen LogP) is 7.64. The Morgan fingerprint density at radius 2 is 1.57 bits per heavy atom. The van der Waals surface area contributed by atoms with E-state index >= 15 is 0 Å². The molecule has 252 valence electrons. The third kappa shape index (κ3) is 6.64. The molecule has 47 heavy (non-hydrogen) atoms. The summed E-state index contributed by atoms with van der Waals surface area (Å²) < 4.78 is 5.66. The zero-order valence-electron chi connectivity index (χ0n) is 29.0. The standard InChI is InChI=1S/C41H53NO5/c1-25-16-26(2)18-30(17-25)23-42-22-28-7-9-29(10-8-28)24-47-38(46)13-6-27(3)33-11-12-34-39-35(21-37(45)41(33,34)5)40(4)15-14-32(43)19-31(40)20-36(39)44/h7-10,16-18,27,31,33-35,39,42H,6,11-15,19-24H2,1-5H3/t27-,31?,33-,34+,35+,39+,40+,41-/m1/s1. The molecule has 2 aromatic rings. The van der Waals surface area contributed by atoms with E-state index in [4.69, 9.17) is 4.74 Å². The highest BCUT2D eigenvalue weighted by Gasteiger charge is 2.66. The summed E-state index contributed by atoms with van der Waals surface area (Å²) in [6, 6.07) is 14.8. The van der Waals surface area contributed by atoms with Crippen molar-refractivity contribution in [3.63, 3.8) is 0 Å². The van der Waals surface area contributed by atoms with Gasteiger partial charge in [-0.25, -0.2) is 0 Å². The summed E-state index contributed by atoms with van der Waals surface area (Å²) in [7, 11) is 0. The molecular weight excluding hydrogens is 586 g/mol. The number of fused-ring (bicyclic) bond motifs is 5. The fourth-order valence-corrected chi connectivity index (χ4v) is 10.4. The van der Waals surface area contributed by atoms with E-state index in [1.165, 1.54) is 22.3 Å². The number of aryl methyl sites for hydroxylation is 2. The van der Waals surface area contributed by atoms with Gasteiger partial charge in [-0.05, 0) is 91.2 Å². The van der Waals surface area contributed by atoms with Crippen molar-refractivity contribution in [2.45, 2.75) is 112 Å². The second kappa shape index (κ2) is 13.4. The first-order valence-corrected chi connectivity index (χ1v) is 18.0. The molecule has 0 saturated heterocycles. The van der Waals surface area contributed by atoms with Gasteiger partial charge in [-0.15, -0.1) is 0 Å². The topological polar surface area (TPSA) is 89.5 Å². The van der Waals surface area contributed by atoms with Crippen LogP contribution in [0.1, 0.15) is 106 Å². The van der Waals surface area contributed by atoms with E-state index < -0.39 is 5.41 Å². The lowest BCUT2D eigenvalue weighted by Gasteiger charge is -2.58. The van der Waals surface area contributed by atoms with Gasteiger partial charge < -0.3 is 10.1 Å². The van der Waals surface area contributed by atoms with Crippen LogP contribution in [0.25, 0.3) is 0 Å². The van der Waals surface area contributed by atoms with Crippen molar-refractivity contribution in [3.05, 3.63) is 70.3 Å². The van der Waals surface area contributed by atoms with Gasteiger partial charge in [-0.3, -0.25) is 19.2 Å². The van der Waals surface area contributed by atoms with Gasteiger partial charge >= 0.3 is 5.97 Å². The maximum atomic E-state index is 14.1. The summed E-state index contributed by atoms with van der Waals surface area (Å²) in [6.45, 7) is 12.6. The minimum atomic E-state index is -0.524. The molecule has 0 aromatic heterocycles. The number of hydrogen-bond acceptors (Lipinski definition) is 6. The van der Waals surface area contributed by atoms with Crippen LogP contribution < -0.4 is 5.32 Å². The summed E-state index contributed by atoms with van der Waals surface area (Å²) in [5.74, 6) is 1.14. The minimum Gasteiger partial charge on any atom is -0.461 e. The molecule has 0 radical (unpaired) electrons. The van der Waals surface area contributed by atoms with Crippen LogP contribution in [0.5, 0.6) is 0 Å². The van der Waals surface area contributed by atoms with E-state index in [1.807, 2.05) is 12.1 Å². The Labute approximate surface area is 280 Å². The molecule has 4 saturated carbocycles. The smallest absolute Gasteiger partial charge is 0.306 e. The molecule has 4 fully saturated rings. The number of rotatable bonds is 10. The van der Waals surface area contributed by atoms with E-state index in [2.05, 4.69) is 70.3 Å². The van der Waals surface area contributed by atoms with Crippen LogP contribution in [0, 0.1) is 60.2 Å². The maximum absolute atomic E-state index is 14.1. The molecule has 0 spiro atoms. The van der Waals surface area contributed by atoms with E-state index in [9.17, 15) is 19.2 Å². The average molecular weight is 640 g/mol. The lowest BCUT2D eigenvalue weighted by molar-refractivity contribution is -0.166. The van der Waals surface area contributed by atoms with Crippen LogP contribution >= 0.6 is 0 Å². The van der Waals surface area contributed by atoms with Crippen LogP contribution in [0.3, 0.4) is 0 Å². The van der Waals surface area contributed by atoms with Gasteiger partial charge in [0.1, 0.15) is 24.0 Å². The van der Waals surface area contributed by atoms with Crippen molar-refractivity contribution < 1.29 is 23.9 Å². The zero-order valence-corrected chi connectivity index (χ0v) is 29.0. The lowest BCUT2D eigenvalue weighted by Crippen LogP contribution is -2.60. The number of carbonyl (C=O) groups excluding carboxylic acids is 4. The number of carbonyl (C=O) groups is 4. The molecule has 0 heterocycles. The lowest BCUT2D eigenvalue weighted by atomic mass is 9.44. The molecule has 6 heteroatoms. The third-order valence-electron chi connectivity index (χ3n) is 13.1. The van der Waals surface area contributed by atoms with Gasteiger partial charge in [0.2, 0.25) is 0 Å². The maximum Gasteiger partial charge on any atom is 0.306 e. The highest BCUT2D eigenvalue weighted by molar-refractivity contribution is 5.93. The van der Waals surface area contributed by atoms with Gasteiger partial charge in [0, 0.05) is 56.5 Å². The minimum absolute atomic E-state index is 0.0599. The molecule has 1 N–H and O–H groups in total. The van der Waals surface area contributed by atoms with Crippen molar-refractivity contribution >= 4 is 23.3 Å². The monoisotopic (exact) mass is 639 g/mol. The van der Waals surface area contributed by atoms with E-state index in [0.717, 1.165) is 37.9 Å². The number of esters is 1. The summed E-state index contributed by atoms with van der Waals surface area (Å²) in [6.07, 6.45) is 5.64. The van der Waals surface area contributed by atoms with Crippen molar-refractivity contribution in [3.8, 4) is 0 Å². The summed E-state index contributed by atoms with van der Waals surface area (Å²) >= 11 is 0. The molecule has 8 atom stereocenters. The zero-order chi connectivity index (χ0) is 33.5.